The minimum atomic E-state index is -4.31. The lowest BCUT2D eigenvalue weighted by Crippen LogP contribution is -2.52. The summed E-state index contributed by atoms with van der Waals surface area (Å²) in [7, 11) is -2.78. The Balaban J connectivity index is 2.06. The number of anilines is 1. The van der Waals surface area contributed by atoms with Crippen LogP contribution in [0.5, 0.6) is 11.5 Å². The molecule has 0 bridgehead atoms. The Morgan fingerprint density at radius 2 is 1.63 bits per heavy atom. The van der Waals surface area contributed by atoms with Gasteiger partial charge in [0, 0.05) is 13.1 Å². The zero-order valence-electron chi connectivity index (χ0n) is 23.7. The number of ether oxygens (including phenoxy) is 2. The van der Waals surface area contributed by atoms with Crippen molar-refractivity contribution in [3.63, 3.8) is 0 Å². The minimum Gasteiger partial charge on any atom is -0.497 e. The van der Waals surface area contributed by atoms with Gasteiger partial charge in [0.2, 0.25) is 11.8 Å². The van der Waals surface area contributed by atoms with Gasteiger partial charge >= 0.3 is 0 Å². The molecular formula is C30H36FN3O6S. The van der Waals surface area contributed by atoms with E-state index in [1.165, 1.54) is 24.1 Å². The van der Waals surface area contributed by atoms with Crippen LogP contribution in [0.25, 0.3) is 0 Å². The summed E-state index contributed by atoms with van der Waals surface area (Å²) in [5.41, 5.74) is 0.910. The van der Waals surface area contributed by atoms with Crippen LogP contribution in [0.1, 0.15) is 32.8 Å². The van der Waals surface area contributed by atoms with Gasteiger partial charge in [-0.25, -0.2) is 12.8 Å². The number of hydrogen-bond donors (Lipinski definition) is 1. The number of carbonyl (C=O) groups excluding carboxylic acids is 2. The van der Waals surface area contributed by atoms with Gasteiger partial charge in [0.15, 0.2) is 0 Å². The standard InChI is InChI=1S/C30H36FN3O6S/c1-5-28(30(36)32-6-2)33(20-22-9-8-10-26(19-22)39-4)29(35)21-34(24-13-15-25(16-14-24)40-7-3)41(37,38)27-17-11-23(31)12-18-27/h8-19,28H,5-7,20-21H2,1-4H3,(H,32,36). The van der Waals surface area contributed by atoms with Gasteiger partial charge in [-0.1, -0.05) is 19.1 Å². The Labute approximate surface area is 240 Å². The van der Waals surface area contributed by atoms with Crippen molar-refractivity contribution in [3.05, 3.63) is 84.2 Å². The summed E-state index contributed by atoms with van der Waals surface area (Å²) in [6.07, 6.45) is 0.301. The van der Waals surface area contributed by atoms with E-state index < -0.39 is 34.3 Å². The Hall–Kier alpha value is -4.12. The lowest BCUT2D eigenvalue weighted by atomic mass is 10.1. The number of carbonyl (C=O) groups is 2. The summed E-state index contributed by atoms with van der Waals surface area (Å²) in [4.78, 5) is 28.2. The van der Waals surface area contributed by atoms with E-state index in [9.17, 15) is 22.4 Å². The van der Waals surface area contributed by atoms with Crippen molar-refractivity contribution in [2.45, 2.75) is 44.7 Å². The number of sulfonamides is 1. The number of nitrogens with one attached hydrogen (secondary N) is 1. The second kappa shape index (κ2) is 14.5. The summed E-state index contributed by atoms with van der Waals surface area (Å²) in [5.74, 6) is -0.421. The third kappa shape index (κ3) is 7.97. The number of nitrogens with zero attached hydrogens (tertiary/aromatic N) is 2. The maximum Gasteiger partial charge on any atom is 0.264 e. The molecule has 0 saturated carbocycles. The van der Waals surface area contributed by atoms with E-state index in [0.717, 1.165) is 28.6 Å². The van der Waals surface area contributed by atoms with Gasteiger partial charge in [-0.2, -0.15) is 0 Å². The average molecular weight is 586 g/mol. The third-order valence-corrected chi connectivity index (χ3v) is 8.13. The van der Waals surface area contributed by atoms with E-state index in [-0.39, 0.29) is 23.0 Å². The minimum absolute atomic E-state index is 0.0411. The van der Waals surface area contributed by atoms with E-state index in [2.05, 4.69) is 5.32 Å². The van der Waals surface area contributed by atoms with Crippen molar-refractivity contribution in [1.29, 1.82) is 0 Å². The Kier molecular flexibility index (Phi) is 11.1. The molecule has 0 saturated heterocycles. The lowest BCUT2D eigenvalue weighted by Gasteiger charge is -2.33. The second-order valence-corrected chi connectivity index (χ2v) is 10.9. The zero-order valence-corrected chi connectivity index (χ0v) is 24.5. The second-order valence-electron chi connectivity index (χ2n) is 9.08. The number of halogens is 1. The van der Waals surface area contributed by atoms with Crippen molar-refractivity contribution in [2.24, 2.45) is 0 Å². The lowest BCUT2D eigenvalue weighted by molar-refractivity contribution is -0.140. The quantitative estimate of drug-likeness (QED) is 0.301. The zero-order chi connectivity index (χ0) is 30.0. The molecule has 9 nitrogen and oxygen atoms in total. The fraction of sp³-hybridized carbons (Fsp3) is 0.333. The van der Waals surface area contributed by atoms with Gasteiger partial charge in [-0.05, 0) is 86.5 Å². The number of rotatable bonds is 14. The molecule has 0 aliphatic carbocycles. The summed E-state index contributed by atoms with van der Waals surface area (Å²) >= 11 is 0. The Morgan fingerprint density at radius 3 is 2.22 bits per heavy atom. The summed E-state index contributed by atoms with van der Waals surface area (Å²) < 4.78 is 53.1. The first-order valence-corrected chi connectivity index (χ1v) is 14.8. The van der Waals surface area contributed by atoms with Gasteiger partial charge in [0.1, 0.15) is 29.9 Å². The van der Waals surface area contributed by atoms with Crippen LogP contribution >= 0.6 is 0 Å². The van der Waals surface area contributed by atoms with Crippen molar-refractivity contribution in [1.82, 2.24) is 10.2 Å². The van der Waals surface area contributed by atoms with E-state index in [0.29, 0.717) is 36.6 Å². The monoisotopic (exact) mass is 585 g/mol. The molecule has 3 rings (SSSR count). The molecule has 1 unspecified atom stereocenters. The largest absolute Gasteiger partial charge is 0.497 e. The van der Waals surface area contributed by atoms with Crippen LogP contribution in [0.15, 0.2) is 77.7 Å². The highest BCUT2D eigenvalue weighted by Crippen LogP contribution is 2.27. The molecule has 0 heterocycles. The molecule has 41 heavy (non-hydrogen) atoms. The van der Waals surface area contributed by atoms with Crippen molar-refractivity contribution in [2.75, 3.05) is 31.1 Å². The molecule has 0 spiro atoms. The fourth-order valence-corrected chi connectivity index (χ4v) is 5.73. The summed E-state index contributed by atoms with van der Waals surface area (Å²) in [6, 6.07) is 16.9. The molecule has 11 heteroatoms. The Bertz CT molecular complexity index is 1410. The fourth-order valence-electron chi connectivity index (χ4n) is 4.32. The molecule has 0 radical (unpaired) electrons. The molecule has 1 atom stereocenters. The van der Waals surface area contributed by atoms with Gasteiger partial charge < -0.3 is 19.7 Å². The molecule has 0 aliphatic rings. The summed E-state index contributed by atoms with van der Waals surface area (Å²) in [6.45, 7) is 5.62. The van der Waals surface area contributed by atoms with Crippen LogP contribution in [-0.2, 0) is 26.2 Å². The third-order valence-electron chi connectivity index (χ3n) is 6.34. The topological polar surface area (TPSA) is 105 Å². The van der Waals surface area contributed by atoms with Crippen LogP contribution in [0, 0.1) is 5.82 Å². The van der Waals surface area contributed by atoms with Crippen LogP contribution < -0.4 is 19.1 Å². The number of methoxy groups -OCH3 is 1. The van der Waals surface area contributed by atoms with Crippen LogP contribution in [-0.4, -0.2) is 58.0 Å². The summed E-state index contributed by atoms with van der Waals surface area (Å²) in [5, 5.41) is 2.77. The Morgan fingerprint density at radius 1 is 0.951 bits per heavy atom. The highest BCUT2D eigenvalue weighted by atomic mass is 32.2. The molecule has 220 valence electrons. The molecule has 0 fully saturated rings. The van der Waals surface area contributed by atoms with Crippen LogP contribution in [0.4, 0.5) is 10.1 Å². The van der Waals surface area contributed by atoms with Gasteiger partial charge in [0.25, 0.3) is 10.0 Å². The van der Waals surface area contributed by atoms with Crippen molar-refractivity contribution < 1.29 is 31.9 Å². The number of hydrogen-bond acceptors (Lipinski definition) is 6. The highest BCUT2D eigenvalue weighted by molar-refractivity contribution is 7.92. The first-order chi connectivity index (χ1) is 19.6. The van der Waals surface area contributed by atoms with Crippen molar-refractivity contribution >= 4 is 27.5 Å². The van der Waals surface area contributed by atoms with E-state index in [1.54, 1.807) is 50.2 Å². The molecule has 2 amide bonds. The molecule has 0 aliphatic heterocycles. The maximum atomic E-state index is 14.0. The number of amides is 2. The molecule has 0 aromatic heterocycles. The van der Waals surface area contributed by atoms with Gasteiger partial charge in [-0.3, -0.25) is 13.9 Å². The van der Waals surface area contributed by atoms with Gasteiger partial charge in [-0.15, -0.1) is 0 Å². The molecule has 3 aromatic rings. The SMILES string of the molecule is CCNC(=O)C(CC)N(Cc1cccc(OC)c1)C(=O)CN(c1ccc(OCC)cc1)S(=O)(=O)c1ccc(F)cc1. The predicted octanol–water partition coefficient (Wildman–Crippen LogP) is 4.37. The number of likely N-dealkylation sites (N-methyl/N-ethyl adjacent to an activating group) is 1. The van der Waals surface area contributed by atoms with Crippen molar-refractivity contribution in [3.8, 4) is 11.5 Å². The average Bonchev–Trinajstić information content (AvgIpc) is 2.96. The smallest absolute Gasteiger partial charge is 0.264 e. The molecule has 3 aromatic carbocycles. The highest BCUT2D eigenvalue weighted by Gasteiger charge is 2.33. The van der Waals surface area contributed by atoms with Crippen LogP contribution in [0.3, 0.4) is 0 Å². The van der Waals surface area contributed by atoms with Gasteiger partial charge in [0.05, 0.1) is 24.3 Å². The van der Waals surface area contributed by atoms with E-state index >= 15 is 0 Å². The normalized spacial score (nSPS) is 11.8. The first kappa shape index (κ1) is 31.4. The van der Waals surface area contributed by atoms with Crippen LogP contribution in [0.2, 0.25) is 0 Å². The first-order valence-electron chi connectivity index (χ1n) is 13.4. The van der Waals surface area contributed by atoms with E-state index in [4.69, 9.17) is 9.47 Å². The number of benzene rings is 3. The predicted molar refractivity (Wildman–Crippen MR) is 155 cm³/mol. The maximum absolute atomic E-state index is 14.0. The molecular weight excluding hydrogens is 549 g/mol. The van der Waals surface area contributed by atoms with E-state index in [1.807, 2.05) is 6.92 Å². The molecule has 1 N–H and O–H groups in total.